The van der Waals surface area contributed by atoms with Gasteiger partial charge < -0.3 is 5.32 Å². The number of sulfone groups is 1. The van der Waals surface area contributed by atoms with Crippen LogP contribution in [0.3, 0.4) is 0 Å². The first-order valence-electron chi connectivity index (χ1n) is 5.95. The van der Waals surface area contributed by atoms with E-state index in [1.165, 1.54) is 18.0 Å². The van der Waals surface area contributed by atoms with Gasteiger partial charge in [0, 0.05) is 17.7 Å². The molecule has 0 aliphatic heterocycles. The molecule has 0 radical (unpaired) electrons. The number of anilines is 1. The van der Waals surface area contributed by atoms with Crippen LogP contribution >= 0.6 is 11.8 Å². The third-order valence-electron chi connectivity index (χ3n) is 2.59. The largest absolute Gasteiger partial charge is 0.325 e. The molecule has 0 fully saturated rings. The maximum atomic E-state index is 11.9. The Bertz CT molecular complexity index is 541. The van der Waals surface area contributed by atoms with Gasteiger partial charge in [0.2, 0.25) is 5.91 Å². The molecule has 0 aliphatic carbocycles. The van der Waals surface area contributed by atoms with Crippen molar-refractivity contribution in [3.63, 3.8) is 0 Å². The third-order valence-corrected chi connectivity index (χ3v) is 4.95. The number of rotatable bonds is 6. The molecule has 0 heterocycles. The van der Waals surface area contributed by atoms with Crippen molar-refractivity contribution in [3.05, 3.63) is 29.8 Å². The molecule has 1 atom stereocenters. The Balaban J connectivity index is 2.47. The minimum Gasteiger partial charge on any atom is -0.325 e. The molecule has 0 saturated carbocycles. The molecule has 0 spiro atoms. The number of carbonyl (C=O) groups excluding carboxylic acids is 1. The van der Waals surface area contributed by atoms with Crippen LogP contribution in [0.15, 0.2) is 24.3 Å². The monoisotopic (exact) mass is 301 g/mol. The van der Waals surface area contributed by atoms with Crippen molar-refractivity contribution in [3.8, 4) is 0 Å². The van der Waals surface area contributed by atoms with E-state index >= 15 is 0 Å². The standard InChI is InChI=1S/C13H19NO3S2/c1-10-6-4-5-7-12(10)14-13(15)11(2)18-8-9-19(3,16)17/h4-7,11H,8-9H2,1-3H3,(H,14,15)/t11-/m1/s1. The molecule has 19 heavy (non-hydrogen) atoms. The number of aryl methyl sites for hydroxylation is 1. The fourth-order valence-corrected chi connectivity index (χ4v) is 3.56. The quantitative estimate of drug-likeness (QED) is 0.874. The number of hydrogen-bond acceptors (Lipinski definition) is 4. The van der Waals surface area contributed by atoms with E-state index in [1.807, 2.05) is 31.2 Å². The molecule has 4 nitrogen and oxygen atoms in total. The first-order valence-corrected chi connectivity index (χ1v) is 9.06. The first kappa shape index (κ1) is 16.0. The number of thioether (sulfide) groups is 1. The lowest BCUT2D eigenvalue weighted by molar-refractivity contribution is -0.115. The third kappa shape index (κ3) is 6.11. The Morgan fingerprint density at radius 1 is 1.37 bits per heavy atom. The summed E-state index contributed by atoms with van der Waals surface area (Å²) in [6.07, 6.45) is 1.20. The fraction of sp³-hybridized carbons (Fsp3) is 0.462. The van der Waals surface area contributed by atoms with E-state index in [0.29, 0.717) is 5.75 Å². The number of nitrogens with one attached hydrogen (secondary N) is 1. The second-order valence-corrected chi connectivity index (χ2v) is 8.16. The number of amides is 1. The zero-order valence-corrected chi connectivity index (χ0v) is 13.0. The van der Waals surface area contributed by atoms with Crippen LogP contribution < -0.4 is 5.32 Å². The van der Waals surface area contributed by atoms with Crippen molar-refractivity contribution in [2.24, 2.45) is 0 Å². The van der Waals surface area contributed by atoms with Gasteiger partial charge in [0.05, 0.1) is 11.0 Å². The fourth-order valence-electron chi connectivity index (χ4n) is 1.40. The average molecular weight is 301 g/mol. The van der Waals surface area contributed by atoms with Crippen molar-refractivity contribution >= 4 is 33.2 Å². The van der Waals surface area contributed by atoms with Crippen LogP contribution in [0, 0.1) is 6.92 Å². The van der Waals surface area contributed by atoms with Crippen molar-refractivity contribution in [1.29, 1.82) is 0 Å². The Hall–Kier alpha value is -1.01. The van der Waals surface area contributed by atoms with Gasteiger partial charge in [0.25, 0.3) is 0 Å². The predicted octanol–water partition coefficient (Wildman–Crippen LogP) is 2.10. The lowest BCUT2D eigenvalue weighted by atomic mass is 10.2. The first-order chi connectivity index (χ1) is 8.79. The number of hydrogen-bond donors (Lipinski definition) is 1. The highest BCUT2D eigenvalue weighted by atomic mass is 32.2. The smallest absolute Gasteiger partial charge is 0.237 e. The lowest BCUT2D eigenvalue weighted by Crippen LogP contribution is -2.24. The van der Waals surface area contributed by atoms with Crippen LogP contribution in [0.4, 0.5) is 5.69 Å². The van der Waals surface area contributed by atoms with Crippen LogP contribution in [0.5, 0.6) is 0 Å². The molecule has 0 saturated heterocycles. The highest BCUT2D eigenvalue weighted by molar-refractivity contribution is 8.01. The average Bonchev–Trinajstić information content (AvgIpc) is 2.30. The van der Waals surface area contributed by atoms with Crippen LogP contribution in [0.1, 0.15) is 12.5 Å². The topological polar surface area (TPSA) is 63.2 Å². The van der Waals surface area contributed by atoms with Gasteiger partial charge in [-0.05, 0) is 25.5 Å². The van der Waals surface area contributed by atoms with E-state index in [1.54, 1.807) is 6.92 Å². The Morgan fingerprint density at radius 2 is 2.00 bits per heavy atom. The molecule has 0 aromatic heterocycles. The molecule has 1 N–H and O–H groups in total. The van der Waals surface area contributed by atoms with Gasteiger partial charge >= 0.3 is 0 Å². The van der Waals surface area contributed by atoms with Gasteiger partial charge in [-0.15, -0.1) is 11.8 Å². The van der Waals surface area contributed by atoms with Gasteiger partial charge in [-0.3, -0.25) is 4.79 Å². The van der Waals surface area contributed by atoms with Crippen LogP contribution in [-0.4, -0.2) is 37.3 Å². The van der Waals surface area contributed by atoms with Gasteiger partial charge in [-0.25, -0.2) is 8.42 Å². The Morgan fingerprint density at radius 3 is 2.58 bits per heavy atom. The van der Waals surface area contributed by atoms with E-state index in [4.69, 9.17) is 0 Å². The molecule has 1 aromatic carbocycles. The molecule has 1 amide bonds. The van der Waals surface area contributed by atoms with Crippen LogP contribution in [-0.2, 0) is 14.6 Å². The summed E-state index contributed by atoms with van der Waals surface area (Å²) in [7, 11) is -2.96. The molecular formula is C13H19NO3S2. The van der Waals surface area contributed by atoms with Crippen LogP contribution in [0.2, 0.25) is 0 Å². The van der Waals surface area contributed by atoms with E-state index in [-0.39, 0.29) is 16.9 Å². The minimum absolute atomic E-state index is 0.0969. The summed E-state index contributed by atoms with van der Waals surface area (Å²) in [6.45, 7) is 3.71. The maximum Gasteiger partial charge on any atom is 0.237 e. The molecule has 1 aromatic rings. The van der Waals surface area contributed by atoms with Crippen molar-refractivity contribution < 1.29 is 13.2 Å². The summed E-state index contributed by atoms with van der Waals surface area (Å²) in [5.74, 6) is 0.425. The van der Waals surface area contributed by atoms with Gasteiger partial charge in [-0.1, -0.05) is 18.2 Å². The number of carbonyl (C=O) groups is 1. The summed E-state index contributed by atoms with van der Waals surface area (Å²) in [4.78, 5) is 11.9. The summed E-state index contributed by atoms with van der Waals surface area (Å²) < 4.78 is 22.0. The van der Waals surface area contributed by atoms with Crippen LogP contribution in [0.25, 0.3) is 0 Å². The maximum absolute atomic E-state index is 11.9. The second-order valence-electron chi connectivity index (χ2n) is 4.45. The molecule has 1 rings (SSSR count). The summed E-state index contributed by atoms with van der Waals surface area (Å²) in [5, 5.41) is 2.57. The predicted molar refractivity (Wildman–Crippen MR) is 81.4 cm³/mol. The molecule has 0 unspecified atom stereocenters. The molecule has 6 heteroatoms. The number of benzene rings is 1. The van der Waals surface area contributed by atoms with Gasteiger partial charge in [-0.2, -0.15) is 0 Å². The van der Waals surface area contributed by atoms with Crippen molar-refractivity contribution in [2.75, 3.05) is 23.1 Å². The lowest BCUT2D eigenvalue weighted by Gasteiger charge is -2.13. The van der Waals surface area contributed by atoms with Gasteiger partial charge in [0.1, 0.15) is 9.84 Å². The molecular weight excluding hydrogens is 282 g/mol. The zero-order valence-electron chi connectivity index (χ0n) is 11.3. The van der Waals surface area contributed by atoms with E-state index in [0.717, 1.165) is 11.3 Å². The van der Waals surface area contributed by atoms with Gasteiger partial charge in [0.15, 0.2) is 0 Å². The highest BCUT2D eigenvalue weighted by Crippen LogP contribution is 2.17. The minimum atomic E-state index is -2.96. The summed E-state index contributed by atoms with van der Waals surface area (Å²) in [6, 6.07) is 7.55. The summed E-state index contributed by atoms with van der Waals surface area (Å²) in [5.41, 5.74) is 1.80. The second kappa shape index (κ2) is 6.96. The normalized spacial score (nSPS) is 13.0. The molecule has 0 aliphatic rings. The number of para-hydroxylation sites is 1. The van der Waals surface area contributed by atoms with E-state index < -0.39 is 9.84 Å². The van der Waals surface area contributed by atoms with E-state index in [2.05, 4.69) is 5.32 Å². The van der Waals surface area contributed by atoms with E-state index in [9.17, 15) is 13.2 Å². The van der Waals surface area contributed by atoms with Crippen molar-refractivity contribution in [1.82, 2.24) is 0 Å². The molecule has 0 bridgehead atoms. The highest BCUT2D eigenvalue weighted by Gasteiger charge is 2.15. The molecule has 106 valence electrons. The van der Waals surface area contributed by atoms with Crippen molar-refractivity contribution in [2.45, 2.75) is 19.1 Å². The SMILES string of the molecule is Cc1ccccc1NC(=O)[C@@H](C)SCCS(C)(=O)=O. The summed E-state index contributed by atoms with van der Waals surface area (Å²) >= 11 is 1.35. The Labute approximate surface area is 118 Å². The zero-order chi connectivity index (χ0) is 14.5. The Kier molecular flexibility index (Phi) is 5.87.